The zero-order valence-electron chi connectivity index (χ0n) is 20.6. The van der Waals surface area contributed by atoms with E-state index < -0.39 is 5.60 Å². The SMILES string of the molecule is CC(CCCCC(=O)OC(C)(C)C)Oc1ncnc2oc(-c3ccccc3)c(C3=CCCC3)c12. The number of hydrogen-bond acceptors (Lipinski definition) is 6. The molecule has 0 saturated carbocycles. The van der Waals surface area contributed by atoms with Gasteiger partial charge in [-0.15, -0.1) is 0 Å². The van der Waals surface area contributed by atoms with Crippen LogP contribution in [0.15, 0.2) is 47.2 Å². The van der Waals surface area contributed by atoms with Crippen LogP contribution in [-0.4, -0.2) is 27.6 Å². The summed E-state index contributed by atoms with van der Waals surface area (Å²) in [7, 11) is 0. The minimum Gasteiger partial charge on any atom is -0.474 e. The summed E-state index contributed by atoms with van der Waals surface area (Å²) in [6, 6.07) is 10.1. The number of aromatic nitrogens is 2. The van der Waals surface area contributed by atoms with Crippen molar-refractivity contribution in [1.82, 2.24) is 9.97 Å². The minimum atomic E-state index is -0.443. The highest BCUT2D eigenvalue weighted by Gasteiger charge is 2.26. The number of carbonyl (C=O) groups is 1. The summed E-state index contributed by atoms with van der Waals surface area (Å²) in [6.07, 6.45) is 9.80. The van der Waals surface area contributed by atoms with E-state index in [2.05, 4.69) is 28.2 Å². The first-order valence-corrected chi connectivity index (χ1v) is 12.2. The Morgan fingerprint density at radius 1 is 1.15 bits per heavy atom. The second kappa shape index (κ2) is 10.4. The highest BCUT2D eigenvalue weighted by molar-refractivity contribution is 5.99. The van der Waals surface area contributed by atoms with Crippen LogP contribution < -0.4 is 4.74 Å². The molecule has 2 heterocycles. The number of allylic oxidation sites excluding steroid dienone is 2. The Morgan fingerprint density at radius 2 is 1.94 bits per heavy atom. The van der Waals surface area contributed by atoms with E-state index in [1.807, 2.05) is 45.9 Å². The van der Waals surface area contributed by atoms with Crippen LogP contribution in [0.2, 0.25) is 0 Å². The number of ether oxygens (including phenoxy) is 2. The molecule has 34 heavy (non-hydrogen) atoms. The molecule has 1 aliphatic carbocycles. The highest BCUT2D eigenvalue weighted by Crippen LogP contribution is 2.44. The van der Waals surface area contributed by atoms with Crippen molar-refractivity contribution >= 4 is 22.6 Å². The third kappa shape index (κ3) is 5.85. The average Bonchev–Trinajstić information content (AvgIpc) is 3.44. The smallest absolute Gasteiger partial charge is 0.306 e. The van der Waals surface area contributed by atoms with Gasteiger partial charge >= 0.3 is 5.97 Å². The second-order valence-corrected chi connectivity index (χ2v) is 9.91. The second-order valence-electron chi connectivity index (χ2n) is 9.91. The Bertz CT molecular complexity index is 1160. The number of unbranched alkanes of at least 4 members (excludes halogenated alkanes) is 1. The predicted octanol–water partition coefficient (Wildman–Crippen LogP) is 7.13. The lowest BCUT2D eigenvalue weighted by molar-refractivity contribution is -0.154. The van der Waals surface area contributed by atoms with Gasteiger partial charge in [0.15, 0.2) is 0 Å². The fourth-order valence-corrected chi connectivity index (χ4v) is 4.34. The van der Waals surface area contributed by atoms with Crippen LogP contribution in [0, 0.1) is 0 Å². The number of fused-ring (bicyclic) bond motifs is 1. The summed E-state index contributed by atoms with van der Waals surface area (Å²) in [5.41, 5.74) is 3.43. The number of esters is 1. The third-order valence-corrected chi connectivity index (χ3v) is 5.83. The molecule has 1 unspecified atom stereocenters. The Labute approximate surface area is 201 Å². The van der Waals surface area contributed by atoms with E-state index in [0.717, 1.165) is 60.8 Å². The molecule has 0 amide bonds. The summed E-state index contributed by atoms with van der Waals surface area (Å²) in [5.74, 6) is 1.22. The standard InChI is InChI=1S/C28H34N2O4/c1-19(12-8-11-17-22(31)34-28(2,3)4)32-26-24-23(20-13-9-10-14-20)25(21-15-6-5-7-16-21)33-27(24)30-18-29-26/h5-7,13,15-16,18-19H,8-12,14,17H2,1-4H3. The number of carbonyl (C=O) groups excluding carboxylic acids is 1. The lowest BCUT2D eigenvalue weighted by Crippen LogP contribution is -2.23. The summed E-state index contributed by atoms with van der Waals surface area (Å²) < 4.78 is 18.0. The molecule has 0 saturated heterocycles. The first-order chi connectivity index (χ1) is 16.3. The molecule has 1 aromatic carbocycles. The van der Waals surface area contributed by atoms with Crippen molar-refractivity contribution in [2.75, 3.05) is 0 Å². The van der Waals surface area contributed by atoms with Gasteiger partial charge in [-0.3, -0.25) is 4.79 Å². The van der Waals surface area contributed by atoms with Crippen molar-refractivity contribution in [2.24, 2.45) is 0 Å². The van der Waals surface area contributed by atoms with Crippen molar-refractivity contribution in [1.29, 1.82) is 0 Å². The van der Waals surface area contributed by atoms with Gasteiger partial charge in [0.25, 0.3) is 0 Å². The van der Waals surface area contributed by atoms with Crippen LogP contribution in [0.25, 0.3) is 28.0 Å². The molecule has 0 bridgehead atoms. The molecule has 4 rings (SSSR count). The Hall–Kier alpha value is -3.15. The predicted molar refractivity (Wildman–Crippen MR) is 133 cm³/mol. The molecule has 0 radical (unpaired) electrons. The van der Waals surface area contributed by atoms with E-state index in [0.29, 0.717) is 18.0 Å². The zero-order chi connectivity index (χ0) is 24.1. The van der Waals surface area contributed by atoms with Gasteiger partial charge in [0.2, 0.25) is 11.6 Å². The number of nitrogens with zero attached hydrogens (tertiary/aromatic N) is 2. The van der Waals surface area contributed by atoms with Gasteiger partial charge in [-0.25, -0.2) is 9.97 Å². The molecule has 2 aromatic heterocycles. The van der Waals surface area contributed by atoms with Gasteiger partial charge in [0.1, 0.15) is 23.1 Å². The van der Waals surface area contributed by atoms with Crippen molar-refractivity contribution in [3.05, 3.63) is 48.3 Å². The molecule has 6 heteroatoms. The van der Waals surface area contributed by atoms with E-state index >= 15 is 0 Å². The monoisotopic (exact) mass is 462 g/mol. The summed E-state index contributed by atoms with van der Waals surface area (Å²) >= 11 is 0. The van der Waals surface area contributed by atoms with Crippen molar-refractivity contribution in [3.8, 4) is 17.2 Å². The van der Waals surface area contributed by atoms with Crippen LogP contribution in [-0.2, 0) is 9.53 Å². The minimum absolute atomic E-state index is 0.0581. The maximum Gasteiger partial charge on any atom is 0.306 e. The maximum absolute atomic E-state index is 11.9. The quantitative estimate of drug-likeness (QED) is 0.249. The molecule has 6 nitrogen and oxygen atoms in total. The first kappa shape index (κ1) is 24.0. The van der Waals surface area contributed by atoms with Crippen LogP contribution in [0.4, 0.5) is 0 Å². The topological polar surface area (TPSA) is 74.5 Å². The van der Waals surface area contributed by atoms with Gasteiger partial charge < -0.3 is 13.9 Å². The van der Waals surface area contributed by atoms with Gasteiger partial charge in [0, 0.05) is 17.5 Å². The summed E-state index contributed by atoms with van der Waals surface area (Å²) in [4.78, 5) is 20.8. The van der Waals surface area contributed by atoms with Crippen LogP contribution in [0.1, 0.15) is 78.2 Å². The van der Waals surface area contributed by atoms with Gasteiger partial charge in [0.05, 0.1) is 6.10 Å². The van der Waals surface area contributed by atoms with Crippen LogP contribution in [0.5, 0.6) is 5.88 Å². The molecule has 180 valence electrons. The maximum atomic E-state index is 11.9. The van der Waals surface area contributed by atoms with E-state index in [4.69, 9.17) is 13.9 Å². The highest BCUT2D eigenvalue weighted by atomic mass is 16.6. The molecule has 0 N–H and O–H groups in total. The Kier molecular flexibility index (Phi) is 7.35. The summed E-state index contributed by atoms with van der Waals surface area (Å²) in [5, 5.41) is 0.843. The van der Waals surface area contributed by atoms with Gasteiger partial charge in [-0.2, -0.15) is 0 Å². The van der Waals surface area contributed by atoms with Crippen LogP contribution >= 0.6 is 0 Å². The fourth-order valence-electron chi connectivity index (χ4n) is 4.34. The summed E-state index contributed by atoms with van der Waals surface area (Å²) in [6.45, 7) is 7.70. The number of benzene rings is 1. The van der Waals surface area contributed by atoms with E-state index in [9.17, 15) is 4.79 Å². The van der Waals surface area contributed by atoms with E-state index in [1.54, 1.807) is 0 Å². The molecule has 1 atom stereocenters. The molecule has 0 aliphatic heterocycles. The molecule has 0 fully saturated rings. The number of hydrogen-bond donors (Lipinski definition) is 0. The van der Waals surface area contributed by atoms with Crippen molar-refractivity contribution in [2.45, 2.75) is 84.3 Å². The number of furan rings is 1. The molecule has 3 aromatic rings. The van der Waals surface area contributed by atoms with Gasteiger partial charge in [-0.1, -0.05) is 36.4 Å². The first-order valence-electron chi connectivity index (χ1n) is 12.2. The lowest BCUT2D eigenvalue weighted by atomic mass is 9.99. The molecule has 1 aliphatic rings. The Balaban J connectivity index is 1.51. The Morgan fingerprint density at radius 3 is 2.65 bits per heavy atom. The number of rotatable bonds is 9. The fraction of sp³-hybridized carbons (Fsp3) is 0.464. The molecule has 0 spiro atoms. The largest absolute Gasteiger partial charge is 0.474 e. The van der Waals surface area contributed by atoms with Crippen molar-refractivity contribution in [3.63, 3.8) is 0 Å². The van der Waals surface area contributed by atoms with Crippen molar-refractivity contribution < 1.29 is 18.7 Å². The third-order valence-electron chi connectivity index (χ3n) is 5.83. The molecular weight excluding hydrogens is 428 g/mol. The van der Waals surface area contributed by atoms with Crippen LogP contribution in [0.3, 0.4) is 0 Å². The average molecular weight is 463 g/mol. The van der Waals surface area contributed by atoms with E-state index in [-0.39, 0.29) is 12.1 Å². The lowest BCUT2D eigenvalue weighted by Gasteiger charge is -2.19. The normalized spacial score (nSPS) is 14.8. The molecular formula is C28H34N2O4. The van der Waals surface area contributed by atoms with Gasteiger partial charge in [-0.05, 0) is 71.8 Å². The van der Waals surface area contributed by atoms with E-state index in [1.165, 1.54) is 11.9 Å². The zero-order valence-corrected chi connectivity index (χ0v) is 20.6.